The molecule has 0 saturated heterocycles. The number of aromatic nitrogens is 1. The predicted molar refractivity (Wildman–Crippen MR) is 299 cm³/mol. The van der Waals surface area contributed by atoms with Crippen LogP contribution in [0.1, 0.15) is 107 Å². The lowest BCUT2D eigenvalue weighted by atomic mass is 9.77. The summed E-state index contributed by atoms with van der Waals surface area (Å²) >= 11 is 0. The van der Waals surface area contributed by atoms with Crippen molar-refractivity contribution >= 4 is 56.2 Å². The molecule has 0 amide bonds. The first-order chi connectivity index (χ1) is 36.7. The van der Waals surface area contributed by atoms with Crippen molar-refractivity contribution in [1.82, 2.24) is 4.98 Å². The Morgan fingerprint density at radius 1 is 0.395 bits per heavy atom. The van der Waals surface area contributed by atoms with E-state index in [-0.39, 0.29) is 22.8 Å². The Bertz CT molecular complexity index is 4010. The number of carbonyl (C=O) groups excluding carboxylic acids is 2. The minimum Gasteiger partial charge on any atom is -0.456 e. The number of pyridine rings is 1. The van der Waals surface area contributed by atoms with Gasteiger partial charge in [-0.05, 0) is 106 Å². The summed E-state index contributed by atoms with van der Waals surface area (Å²) in [5, 5.41) is 11.1. The fourth-order valence-corrected chi connectivity index (χ4v) is 11.3. The van der Waals surface area contributed by atoms with Crippen molar-refractivity contribution in [2.45, 2.75) is 63.6 Å². The van der Waals surface area contributed by atoms with E-state index in [9.17, 15) is 9.59 Å². The van der Waals surface area contributed by atoms with Crippen molar-refractivity contribution in [3.05, 3.63) is 256 Å². The van der Waals surface area contributed by atoms with Crippen molar-refractivity contribution in [2.75, 3.05) is 10.6 Å². The van der Waals surface area contributed by atoms with Crippen LogP contribution < -0.4 is 20.1 Å². The third kappa shape index (κ3) is 7.40. The number of esters is 2. The molecule has 2 N–H and O–H groups in total. The molecule has 2 atom stereocenters. The van der Waals surface area contributed by atoms with Gasteiger partial charge in [0.15, 0.2) is 11.2 Å². The van der Waals surface area contributed by atoms with E-state index in [1.165, 1.54) is 11.1 Å². The summed E-state index contributed by atoms with van der Waals surface area (Å²) in [6, 6.07) is 62.3. The van der Waals surface area contributed by atoms with Crippen LogP contribution in [-0.4, -0.2) is 16.9 Å². The van der Waals surface area contributed by atoms with Gasteiger partial charge in [-0.15, -0.1) is 0 Å². The second kappa shape index (κ2) is 17.2. The Hall–Kier alpha value is -9.21. The molecule has 0 bridgehead atoms. The second-order valence-electron chi connectivity index (χ2n) is 22.0. The molecule has 9 aromatic carbocycles. The number of ether oxygens (including phenoxy) is 4. The van der Waals surface area contributed by atoms with Gasteiger partial charge in [0.25, 0.3) is 0 Å². The van der Waals surface area contributed by atoms with Gasteiger partial charge in [-0.25, -0.2) is 9.59 Å². The molecular formula is C67H53N3O6. The summed E-state index contributed by atoms with van der Waals surface area (Å²) in [5.74, 6) is 2.07. The molecule has 9 heteroatoms. The Morgan fingerprint density at radius 3 is 1.29 bits per heavy atom. The number of rotatable bonds is 4. The van der Waals surface area contributed by atoms with Crippen molar-refractivity contribution in [3.8, 4) is 23.0 Å². The van der Waals surface area contributed by atoms with Gasteiger partial charge in [-0.3, -0.25) is 4.98 Å². The van der Waals surface area contributed by atoms with E-state index < -0.39 is 11.2 Å². The second-order valence-corrected chi connectivity index (χ2v) is 22.0. The molecule has 1 aromatic heterocycles. The van der Waals surface area contributed by atoms with Gasteiger partial charge in [-0.2, -0.15) is 0 Å². The number of nitrogens with one attached hydrogen (secondary N) is 2. The normalized spacial score (nSPS) is 17.4. The third-order valence-corrected chi connectivity index (χ3v) is 15.1. The van der Waals surface area contributed by atoms with Crippen LogP contribution in [0.3, 0.4) is 0 Å². The Balaban J connectivity index is 0.000000149. The standard InChI is InChI=1S/C38H35NO3.C29H18N2O3/c1-36(2,3)24-19-25(37(4,5)6)21-27(20-24)39-26-16-18-31-33(22-26)41-34-28-12-8-7-11-23(28)15-17-32(34)38(31)30-14-10-9-13-29(30)35(40)42-38;32-28-22-7-3-4-8-23(22)29(34-28)24-12-10-20(31-19-13-15-30-16-14-19)17-26(24)33-27-21-6-2-1-5-18(21)9-11-25(27)29/h7-22,39H,1-6H3;1-17H,(H,30,31). The van der Waals surface area contributed by atoms with Gasteiger partial charge in [0.1, 0.15) is 23.0 Å². The van der Waals surface area contributed by atoms with Gasteiger partial charge >= 0.3 is 11.9 Å². The van der Waals surface area contributed by atoms with Crippen LogP contribution in [0.4, 0.5) is 22.7 Å². The van der Waals surface area contributed by atoms with Gasteiger partial charge in [-0.1, -0.05) is 145 Å². The van der Waals surface area contributed by atoms with Crippen molar-refractivity contribution in [2.24, 2.45) is 0 Å². The fraction of sp³-hybridized carbons (Fsp3) is 0.149. The van der Waals surface area contributed by atoms with Crippen LogP contribution in [0, 0.1) is 0 Å². The summed E-state index contributed by atoms with van der Waals surface area (Å²) < 4.78 is 26.0. The number of carbonyl (C=O) groups is 2. The van der Waals surface area contributed by atoms with Crippen LogP contribution in [0.25, 0.3) is 21.5 Å². The number of hydrogen-bond donors (Lipinski definition) is 2. The Labute approximate surface area is 441 Å². The highest BCUT2D eigenvalue weighted by Crippen LogP contribution is 2.60. The van der Waals surface area contributed by atoms with Crippen molar-refractivity contribution in [3.63, 3.8) is 0 Å². The van der Waals surface area contributed by atoms with Crippen LogP contribution in [0.5, 0.6) is 23.0 Å². The quantitative estimate of drug-likeness (QED) is 0.167. The Morgan fingerprint density at radius 2 is 0.816 bits per heavy atom. The summed E-state index contributed by atoms with van der Waals surface area (Å²) in [4.78, 5) is 30.4. The molecule has 4 aliphatic rings. The van der Waals surface area contributed by atoms with Gasteiger partial charge in [0.05, 0.1) is 11.1 Å². The largest absolute Gasteiger partial charge is 0.456 e. The molecule has 76 heavy (non-hydrogen) atoms. The maximum Gasteiger partial charge on any atom is 0.340 e. The third-order valence-electron chi connectivity index (χ3n) is 15.1. The average Bonchev–Trinajstić information content (AvgIpc) is 4.03. The van der Waals surface area contributed by atoms with Crippen LogP contribution >= 0.6 is 0 Å². The van der Waals surface area contributed by atoms with Gasteiger partial charge < -0.3 is 29.6 Å². The molecule has 372 valence electrons. The number of benzene rings is 9. The highest BCUT2D eigenvalue weighted by molar-refractivity contribution is 6.00. The highest BCUT2D eigenvalue weighted by atomic mass is 16.6. The monoisotopic (exact) mass is 995 g/mol. The molecule has 0 aliphatic carbocycles. The minimum atomic E-state index is -1.09. The Kier molecular flexibility index (Phi) is 10.5. The van der Waals surface area contributed by atoms with E-state index in [2.05, 4.69) is 106 Å². The smallest absolute Gasteiger partial charge is 0.340 e. The highest BCUT2D eigenvalue weighted by Gasteiger charge is 2.55. The maximum atomic E-state index is 13.3. The summed E-state index contributed by atoms with van der Waals surface area (Å²) in [6.45, 7) is 13.5. The van der Waals surface area contributed by atoms with Crippen LogP contribution in [-0.2, 0) is 31.5 Å². The zero-order chi connectivity index (χ0) is 52.1. The first-order valence-electron chi connectivity index (χ1n) is 25.6. The van der Waals surface area contributed by atoms with E-state index >= 15 is 0 Å². The topological polar surface area (TPSA) is 108 Å². The van der Waals surface area contributed by atoms with E-state index in [0.717, 1.165) is 77.7 Å². The summed E-state index contributed by atoms with van der Waals surface area (Å²) in [7, 11) is 0. The molecule has 0 fully saturated rings. The number of hydrogen-bond acceptors (Lipinski definition) is 9. The van der Waals surface area contributed by atoms with E-state index in [4.69, 9.17) is 18.9 Å². The van der Waals surface area contributed by atoms with Crippen molar-refractivity contribution < 1.29 is 28.5 Å². The lowest BCUT2D eigenvalue weighted by molar-refractivity contribution is 0.0215. The molecular weight excluding hydrogens is 943 g/mol. The van der Waals surface area contributed by atoms with E-state index in [1.807, 2.05) is 140 Å². The molecule has 4 aliphatic heterocycles. The zero-order valence-electron chi connectivity index (χ0n) is 42.9. The zero-order valence-corrected chi connectivity index (χ0v) is 42.9. The summed E-state index contributed by atoms with van der Waals surface area (Å²) in [6.07, 6.45) is 3.48. The molecule has 9 nitrogen and oxygen atoms in total. The lowest BCUT2D eigenvalue weighted by Crippen LogP contribution is -2.33. The minimum absolute atomic E-state index is 0.00748. The van der Waals surface area contributed by atoms with Gasteiger partial charge in [0, 0.05) is 91.4 Å². The number of anilines is 4. The molecule has 2 unspecified atom stereocenters. The molecule has 14 rings (SSSR count). The molecule has 5 heterocycles. The predicted octanol–water partition coefficient (Wildman–Crippen LogP) is 16.3. The average molecular weight is 996 g/mol. The van der Waals surface area contributed by atoms with Crippen molar-refractivity contribution in [1.29, 1.82) is 0 Å². The van der Waals surface area contributed by atoms with E-state index in [0.29, 0.717) is 34.1 Å². The lowest BCUT2D eigenvalue weighted by Gasteiger charge is -2.37. The summed E-state index contributed by atoms with van der Waals surface area (Å²) in [5.41, 5.74) is 10.2. The van der Waals surface area contributed by atoms with Gasteiger partial charge in [0.2, 0.25) is 0 Å². The number of nitrogens with zero attached hydrogens (tertiary/aromatic N) is 1. The maximum absolute atomic E-state index is 13.3. The number of fused-ring (bicyclic) bond motifs is 16. The fourth-order valence-electron chi connectivity index (χ4n) is 11.3. The molecule has 0 saturated carbocycles. The first kappa shape index (κ1) is 46.6. The first-order valence-corrected chi connectivity index (χ1v) is 25.6. The molecule has 2 spiro atoms. The molecule has 0 radical (unpaired) electrons. The van der Waals surface area contributed by atoms with Crippen LogP contribution in [0.15, 0.2) is 200 Å². The van der Waals surface area contributed by atoms with E-state index in [1.54, 1.807) is 12.4 Å². The SMILES string of the molecule is CC(C)(C)c1cc(Nc2ccc3c(c2)Oc2c(ccc4ccccc24)C32OC(=O)c3ccccc32)cc(C(C)(C)C)c1.O=C1OC2(c3ccc(Nc4ccncc4)cc3Oc3c2ccc2ccccc32)c2ccccc21. The van der Waals surface area contributed by atoms with Crippen LogP contribution in [0.2, 0.25) is 0 Å². The molecule has 10 aromatic rings.